The van der Waals surface area contributed by atoms with Gasteiger partial charge in [0.25, 0.3) is 0 Å². The van der Waals surface area contributed by atoms with E-state index >= 15 is 0 Å². The van der Waals surface area contributed by atoms with Gasteiger partial charge in [-0.2, -0.15) is 0 Å². The Hall–Kier alpha value is -1.63. The molecule has 2 aromatic rings. The molecule has 1 saturated carbocycles. The summed E-state index contributed by atoms with van der Waals surface area (Å²) in [7, 11) is 2.18. The summed E-state index contributed by atoms with van der Waals surface area (Å²) < 4.78 is 2.32. The van der Waals surface area contributed by atoms with E-state index in [9.17, 15) is 0 Å². The second kappa shape index (κ2) is 5.63. The average Bonchev–Trinajstić information content (AvgIpc) is 3.15. The van der Waals surface area contributed by atoms with Crippen molar-refractivity contribution in [1.29, 1.82) is 0 Å². The summed E-state index contributed by atoms with van der Waals surface area (Å²) in [5.74, 6) is 2.34. The van der Waals surface area contributed by atoms with Gasteiger partial charge in [-0.1, -0.05) is 45.0 Å². The van der Waals surface area contributed by atoms with Crippen LogP contribution in [0.15, 0.2) is 42.6 Å². The third-order valence-electron chi connectivity index (χ3n) is 4.57. The van der Waals surface area contributed by atoms with Crippen LogP contribution in [-0.4, -0.2) is 0 Å². The zero-order valence-electron chi connectivity index (χ0n) is 13.6. The van der Waals surface area contributed by atoms with Crippen molar-refractivity contribution in [2.45, 2.75) is 39.5 Å². The Morgan fingerprint density at radius 2 is 1.90 bits per heavy atom. The summed E-state index contributed by atoms with van der Waals surface area (Å²) in [6.07, 6.45) is 4.78. The molecule has 2 atom stereocenters. The van der Waals surface area contributed by atoms with E-state index in [-0.39, 0.29) is 0 Å². The van der Waals surface area contributed by atoms with Crippen LogP contribution in [-0.2, 0) is 13.5 Å². The van der Waals surface area contributed by atoms with Crippen LogP contribution >= 0.6 is 0 Å². The first kappa shape index (κ1) is 14.3. The number of hydrogen-bond donors (Lipinski definition) is 0. The van der Waals surface area contributed by atoms with E-state index in [4.69, 9.17) is 0 Å². The van der Waals surface area contributed by atoms with Crippen LogP contribution in [0.4, 0.5) is 0 Å². The van der Waals surface area contributed by atoms with Gasteiger partial charge in [-0.3, -0.25) is 0 Å². The van der Waals surface area contributed by atoms with Gasteiger partial charge in [0.15, 0.2) is 11.9 Å². The summed E-state index contributed by atoms with van der Waals surface area (Å²) in [5.41, 5.74) is 5.56. The smallest absolute Gasteiger partial charge is 0.184 e. The Balaban J connectivity index is 1.88. The summed E-state index contributed by atoms with van der Waals surface area (Å²) in [5, 5.41) is 0. The maximum atomic E-state index is 2.34. The van der Waals surface area contributed by atoms with E-state index in [2.05, 4.69) is 75.0 Å². The van der Waals surface area contributed by atoms with Gasteiger partial charge in [0.2, 0.25) is 0 Å². The van der Waals surface area contributed by atoms with Crippen molar-refractivity contribution in [2.75, 3.05) is 0 Å². The molecule has 21 heavy (non-hydrogen) atoms. The van der Waals surface area contributed by atoms with Crippen molar-refractivity contribution in [3.63, 3.8) is 0 Å². The highest BCUT2D eigenvalue weighted by Gasteiger charge is 2.39. The summed E-state index contributed by atoms with van der Waals surface area (Å²) >= 11 is 0. The first-order chi connectivity index (χ1) is 10.0. The van der Waals surface area contributed by atoms with Gasteiger partial charge in [-0.05, 0) is 41.9 Å². The van der Waals surface area contributed by atoms with E-state index < -0.39 is 0 Å². The third-order valence-corrected chi connectivity index (χ3v) is 4.57. The lowest BCUT2D eigenvalue weighted by Crippen LogP contribution is -2.33. The van der Waals surface area contributed by atoms with Gasteiger partial charge in [0.1, 0.15) is 7.05 Å². The SMILES string of the molecule is CC(C)Cc1cccc(-c2ccc(C3C[C@H]3C)[n+](C)c2)c1. The van der Waals surface area contributed by atoms with Crippen molar-refractivity contribution in [1.82, 2.24) is 0 Å². The first-order valence-corrected chi connectivity index (χ1v) is 8.13. The fourth-order valence-corrected chi connectivity index (χ4v) is 3.26. The number of aryl methyl sites for hydroxylation is 1. The van der Waals surface area contributed by atoms with Gasteiger partial charge in [0.05, 0.1) is 0 Å². The topological polar surface area (TPSA) is 3.88 Å². The second-order valence-corrected chi connectivity index (χ2v) is 7.07. The number of rotatable bonds is 4. The normalized spacial score (nSPS) is 20.8. The Kier molecular flexibility index (Phi) is 3.84. The fourth-order valence-electron chi connectivity index (χ4n) is 3.26. The van der Waals surface area contributed by atoms with E-state index in [0.29, 0.717) is 5.92 Å². The average molecular weight is 280 g/mol. The lowest BCUT2D eigenvalue weighted by Gasteiger charge is -2.08. The summed E-state index contributed by atoms with van der Waals surface area (Å²) in [6.45, 7) is 6.89. The second-order valence-electron chi connectivity index (χ2n) is 7.07. The number of nitrogens with zero attached hydrogens (tertiary/aromatic N) is 1. The van der Waals surface area contributed by atoms with Crippen LogP contribution in [0, 0.1) is 11.8 Å². The molecule has 0 radical (unpaired) electrons. The van der Waals surface area contributed by atoms with Gasteiger partial charge in [0, 0.05) is 17.5 Å². The molecule has 0 saturated heterocycles. The quantitative estimate of drug-likeness (QED) is 0.726. The zero-order chi connectivity index (χ0) is 15.0. The van der Waals surface area contributed by atoms with Gasteiger partial charge in [-0.25, -0.2) is 4.57 Å². The molecule has 110 valence electrons. The predicted molar refractivity (Wildman–Crippen MR) is 88.1 cm³/mol. The summed E-state index contributed by atoms with van der Waals surface area (Å²) in [6, 6.07) is 13.6. The van der Waals surface area contributed by atoms with Gasteiger partial charge >= 0.3 is 0 Å². The monoisotopic (exact) mass is 280 g/mol. The molecule has 0 N–H and O–H groups in total. The van der Waals surface area contributed by atoms with Crippen LogP contribution in [0.5, 0.6) is 0 Å². The fraction of sp³-hybridized carbons (Fsp3) is 0.450. The highest BCUT2D eigenvalue weighted by atomic mass is 14.9. The van der Waals surface area contributed by atoms with Crippen molar-refractivity contribution in [3.8, 4) is 11.1 Å². The number of pyridine rings is 1. The minimum absolute atomic E-state index is 0.704. The molecular weight excluding hydrogens is 254 g/mol. The molecule has 1 unspecified atom stereocenters. The number of aromatic nitrogens is 1. The van der Waals surface area contributed by atoms with Crippen LogP contribution < -0.4 is 4.57 Å². The lowest BCUT2D eigenvalue weighted by molar-refractivity contribution is -0.679. The minimum Gasteiger partial charge on any atom is -0.204 e. The van der Waals surface area contributed by atoms with Crippen LogP contribution in [0.3, 0.4) is 0 Å². The molecule has 0 bridgehead atoms. The Morgan fingerprint density at radius 3 is 2.52 bits per heavy atom. The maximum absolute atomic E-state index is 2.34. The van der Waals surface area contributed by atoms with Crippen molar-refractivity contribution in [2.24, 2.45) is 18.9 Å². The van der Waals surface area contributed by atoms with Crippen LogP contribution in [0.25, 0.3) is 11.1 Å². The highest BCUT2D eigenvalue weighted by Crippen LogP contribution is 2.45. The highest BCUT2D eigenvalue weighted by molar-refractivity contribution is 5.62. The molecule has 0 aliphatic heterocycles. The molecule has 1 nitrogen and oxygen atoms in total. The van der Waals surface area contributed by atoms with Crippen molar-refractivity contribution < 1.29 is 4.57 Å². The Labute approximate surface area is 128 Å². The molecule has 1 aromatic carbocycles. The van der Waals surface area contributed by atoms with E-state index in [1.54, 1.807) is 0 Å². The van der Waals surface area contributed by atoms with Crippen molar-refractivity contribution in [3.05, 3.63) is 53.9 Å². The Bertz CT molecular complexity index is 642. The molecule has 1 aliphatic rings. The zero-order valence-corrected chi connectivity index (χ0v) is 13.6. The molecule has 3 rings (SSSR count). The van der Waals surface area contributed by atoms with E-state index in [0.717, 1.165) is 18.3 Å². The van der Waals surface area contributed by atoms with Crippen molar-refractivity contribution >= 4 is 0 Å². The van der Waals surface area contributed by atoms with Crippen LogP contribution in [0.2, 0.25) is 0 Å². The molecular formula is C20H26N+. The molecule has 1 heteroatoms. The largest absolute Gasteiger partial charge is 0.204 e. The van der Waals surface area contributed by atoms with E-state index in [1.165, 1.54) is 28.8 Å². The van der Waals surface area contributed by atoms with Crippen LogP contribution in [0.1, 0.15) is 44.4 Å². The van der Waals surface area contributed by atoms with Gasteiger partial charge < -0.3 is 0 Å². The standard InChI is InChI=1S/C20H26N/c1-14(2)10-16-6-5-7-17(12-16)18-8-9-20(21(4)13-18)19-11-15(19)3/h5-9,12-15,19H,10-11H2,1-4H3/q+1/t15-,19?/m1/s1. The molecule has 0 spiro atoms. The number of hydrogen-bond acceptors (Lipinski definition) is 0. The molecule has 0 amide bonds. The van der Waals surface area contributed by atoms with E-state index in [1.807, 2.05) is 0 Å². The number of benzene rings is 1. The molecule has 1 aromatic heterocycles. The molecule has 1 aliphatic carbocycles. The Morgan fingerprint density at radius 1 is 1.14 bits per heavy atom. The lowest BCUT2D eigenvalue weighted by atomic mass is 9.98. The molecule has 1 fully saturated rings. The first-order valence-electron chi connectivity index (χ1n) is 8.13. The predicted octanol–water partition coefficient (Wildman–Crippen LogP) is 4.50. The third kappa shape index (κ3) is 3.18. The van der Waals surface area contributed by atoms with Gasteiger partial charge in [-0.15, -0.1) is 0 Å². The minimum atomic E-state index is 0.704. The maximum Gasteiger partial charge on any atom is 0.184 e. The summed E-state index contributed by atoms with van der Waals surface area (Å²) in [4.78, 5) is 0. The molecule has 1 heterocycles.